The van der Waals surface area contributed by atoms with Crippen molar-refractivity contribution in [2.75, 3.05) is 7.05 Å². The second-order valence-electron chi connectivity index (χ2n) is 2.68. The fourth-order valence-corrected chi connectivity index (χ4v) is 2.73. The number of hydrogen-bond donors (Lipinski definition) is 2. The van der Waals surface area contributed by atoms with Crippen molar-refractivity contribution in [3.05, 3.63) is 20.3 Å². The highest BCUT2D eigenvalue weighted by atomic mass is 79.9. The van der Waals surface area contributed by atoms with Crippen LogP contribution in [0, 0.1) is 6.92 Å². The first-order valence-corrected chi connectivity index (χ1v) is 5.39. The molecule has 13 heavy (non-hydrogen) atoms. The van der Waals surface area contributed by atoms with Gasteiger partial charge in [-0.15, -0.1) is 11.3 Å². The third-order valence-corrected chi connectivity index (χ3v) is 3.94. The minimum absolute atomic E-state index is 0.351. The maximum atomic E-state index is 11.0. The van der Waals surface area contributed by atoms with Gasteiger partial charge in [0.2, 0.25) is 5.91 Å². The molecule has 0 aliphatic carbocycles. The number of aryl methyl sites for hydroxylation is 1. The van der Waals surface area contributed by atoms with Gasteiger partial charge in [0.15, 0.2) is 0 Å². The second kappa shape index (κ2) is 4.21. The summed E-state index contributed by atoms with van der Waals surface area (Å²) in [4.78, 5) is 13.1. The highest BCUT2D eigenvalue weighted by Crippen LogP contribution is 2.30. The monoisotopic (exact) mass is 262 g/mol. The van der Waals surface area contributed by atoms with Crippen LogP contribution < -0.4 is 11.1 Å². The molecule has 1 aromatic heterocycles. The summed E-state index contributed by atoms with van der Waals surface area (Å²) in [5.74, 6) is -0.351. The molecule has 0 spiro atoms. The lowest BCUT2D eigenvalue weighted by Crippen LogP contribution is -2.30. The van der Waals surface area contributed by atoms with E-state index in [4.69, 9.17) is 5.73 Å². The number of likely N-dealkylation sites (N-methyl/N-ethyl adjacent to an activating group) is 1. The van der Waals surface area contributed by atoms with E-state index >= 15 is 0 Å². The van der Waals surface area contributed by atoms with E-state index in [0.717, 1.165) is 14.2 Å². The third kappa shape index (κ3) is 2.30. The molecule has 1 aromatic rings. The Morgan fingerprint density at radius 3 is 2.69 bits per heavy atom. The van der Waals surface area contributed by atoms with Crippen LogP contribution in [0.2, 0.25) is 0 Å². The molecular weight excluding hydrogens is 252 g/mol. The van der Waals surface area contributed by atoms with E-state index in [1.54, 1.807) is 18.4 Å². The molecule has 1 unspecified atom stereocenters. The van der Waals surface area contributed by atoms with Crippen LogP contribution in [0.1, 0.15) is 15.8 Å². The fraction of sp³-hybridized carbons (Fsp3) is 0.375. The van der Waals surface area contributed by atoms with Crippen molar-refractivity contribution in [2.45, 2.75) is 13.0 Å². The Morgan fingerprint density at radius 2 is 2.38 bits per heavy atom. The van der Waals surface area contributed by atoms with Gasteiger partial charge >= 0.3 is 0 Å². The maximum absolute atomic E-state index is 11.0. The minimum Gasteiger partial charge on any atom is -0.368 e. The molecule has 1 amide bonds. The van der Waals surface area contributed by atoms with E-state index in [1.165, 1.54) is 0 Å². The van der Waals surface area contributed by atoms with E-state index < -0.39 is 0 Å². The normalized spacial score (nSPS) is 12.8. The van der Waals surface area contributed by atoms with E-state index in [2.05, 4.69) is 21.2 Å². The Labute approximate surface area is 89.5 Å². The van der Waals surface area contributed by atoms with Gasteiger partial charge in [-0.3, -0.25) is 4.79 Å². The van der Waals surface area contributed by atoms with Crippen LogP contribution in [-0.4, -0.2) is 13.0 Å². The molecule has 0 aliphatic heterocycles. The molecule has 5 heteroatoms. The molecule has 1 heterocycles. The van der Waals surface area contributed by atoms with Crippen molar-refractivity contribution in [3.8, 4) is 0 Å². The number of amides is 1. The second-order valence-corrected chi connectivity index (χ2v) is 4.82. The minimum atomic E-state index is -0.380. The van der Waals surface area contributed by atoms with Gasteiger partial charge < -0.3 is 11.1 Å². The SMILES string of the molecule is CNC(C(N)=O)c1cc(Br)c(C)s1. The van der Waals surface area contributed by atoms with Crippen molar-refractivity contribution < 1.29 is 4.79 Å². The summed E-state index contributed by atoms with van der Waals surface area (Å²) < 4.78 is 1.02. The summed E-state index contributed by atoms with van der Waals surface area (Å²) in [6.45, 7) is 1.99. The summed E-state index contributed by atoms with van der Waals surface area (Å²) in [7, 11) is 1.72. The lowest BCUT2D eigenvalue weighted by Gasteiger charge is -2.08. The van der Waals surface area contributed by atoms with Gasteiger partial charge in [0.25, 0.3) is 0 Å². The van der Waals surface area contributed by atoms with Crippen LogP contribution in [0.4, 0.5) is 0 Å². The maximum Gasteiger partial charge on any atom is 0.239 e. The lowest BCUT2D eigenvalue weighted by atomic mass is 10.2. The number of nitrogens with two attached hydrogens (primary N) is 1. The molecule has 0 fully saturated rings. The highest BCUT2D eigenvalue weighted by molar-refractivity contribution is 9.10. The predicted octanol–water partition coefficient (Wildman–Crippen LogP) is 1.56. The van der Waals surface area contributed by atoms with Gasteiger partial charge in [-0.2, -0.15) is 0 Å². The molecular formula is C8H11BrN2OS. The quantitative estimate of drug-likeness (QED) is 0.869. The number of rotatable bonds is 3. The summed E-state index contributed by atoms with van der Waals surface area (Å²) in [6.07, 6.45) is 0. The molecule has 0 saturated carbocycles. The molecule has 1 atom stereocenters. The molecule has 0 aliphatic rings. The molecule has 1 rings (SSSR count). The average molecular weight is 263 g/mol. The average Bonchev–Trinajstić information content (AvgIpc) is 2.32. The van der Waals surface area contributed by atoms with Gasteiger partial charge in [0, 0.05) is 14.2 Å². The largest absolute Gasteiger partial charge is 0.368 e. The number of hydrogen-bond acceptors (Lipinski definition) is 3. The Hall–Kier alpha value is -0.390. The lowest BCUT2D eigenvalue weighted by molar-refractivity contribution is -0.119. The van der Waals surface area contributed by atoms with Crippen molar-refractivity contribution in [1.29, 1.82) is 0 Å². The van der Waals surface area contributed by atoms with E-state index in [-0.39, 0.29) is 11.9 Å². The zero-order valence-electron chi connectivity index (χ0n) is 7.43. The number of halogens is 1. The van der Waals surface area contributed by atoms with Gasteiger partial charge in [-0.1, -0.05) is 0 Å². The highest BCUT2D eigenvalue weighted by Gasteiger charge is 2.18. The van der Waals surface area contributed by atoms with Gasteiger partial charge in [-0.25, -0.2) is 0 Å². The third-order valence-electron chi connectivity index (χ3n) is 1.73. The van der Waals surface area contributed by atoms with Crippen molar-refractivity contribution in [3.63, 3.8) is 0 Å². The Kier molecular flexibility index (Phi) is 3.47. The van der Waals surface area contributed by atoms with Crippen LogP contribution in [0.5, 0.6) is 0 Å². The molecule has 3 N–H and O–H groups in total. The summed E-state index contributed by atoms with van der Waals surface area (Å²) in [5, 5.41) is 2.87. The number of carbonyl (C=O) groups is 1. The fourth-order valence-electron chi connectivity index (χ4n) is 1.05. The van der Waals surface area contributed by atoms with Crippen LogP contribution in [-0.2, 0) is 4.79 Å². The summed E-state index contributed by atoms with van der Waals surface area (Å²) in [6, 6.07) is 1.54. The number of carbonyl (C=O) groups excluding carboxylic acids is 1. The van der Waals surface area contributed by atoms with Gasteiger partial charge in [0.05, 0.1) is 0 Å². The molecule has 72 valence electrons. The first kappa shape index (κ1) is 10.7. The zero-order valence-corrected chi connectivity index (χ0v) is 9.83. The summed E-state index contributed by atoms with van der Waals surface area (Å²) in [5.41, 5.74) is 5.23. The van der Waals surface area contributed by atoms with Crippen molar-refractivity contribution in [1.82, 2.24) is 5.32 Å². The first-order valence-electron chi connectivity index (χ1n) is 3.78. The number of nitrogens with one attached hydrogen (secondary N) is 1. The van der Waals surface area contributed by atoms with Crippen LogP contribution in [0.25, 0.3) is 0 Å². The van der Waals surface area contributed by atoms with Crippen LogP contribution in [0.15, 0.2) is 10.5 Å². The van der Waals surface area contributed by atoms with Crippen LogP contribution >= 0.6 is 27.3 Å². The van der Waals surface area contributed by atoms with E-state index in [1.807, 2.05) is 13.0 Å². The number of thiophene rings is 1. The van der Waals surface area contributed by atoms with E-state index in [9.17, 15) is 4.79 Å². The smallest absolute Gasteiger partial charge is 0.239 e. The Balaban J connectivity index is 2.98. The topological polar surface area (TPSA) is 55.1 Å². The van der Waals surface area contributed by atoms with Crippen molar-refractivity contribution in [2.24, 2.45) is 5.73 Å². The Morgan fingerprint density at radius 1 is 1.77 bits per heavy atom. The molecule has 0 radical (unpaired) electrons. The van der Waals surface area contributed by atoms with E-state index in [0.29, 0.717) is 0 Å². The van der Waals surface area contributed by atoms with Crippen LogP contribution in [0.3, 0.4) is 0 Å². The zero-order chi connectivity index (χ0) is 10.0. The number of primary amides is 1. The van der Waals surface area contributed by atoms with Crippen molar-refractivity contribution >= 4 is 33.2 Å². The molecule has 0 aromatic carbocycles. The summed E-state index contributed by atoms with van der Waals surface area (Å²) >= 11 is 4.96. The first-order chi connectivity index (χ1) is 6.06. The Bertz CT molecular complexity index is 304. The molecule has 3 nitrogen and oxygen atoms in total. The van der Waals surface area contributed by atoms with Gasteiger partial charge in [0.1, 0.15) is 6.04 Å². The molecule has 0 bridgehead atoms. The predicted molar refractivity (Wildman–Crippen MR) is 57.8 cm³/mol. The molecule has 0 saturated heterocycles. The standard InChI is InChI=1S/C8H11BrN2OS/c1-4-5(9)3-6(13-4)7(11-2)8(10)12/h3,7,11H,1-2H3,(H2,10,12). The van der Waals surface area contributed by atoms with Gasteiger partial charge in [-0.05, 0) is 36.0 Å².